The van der Waals surface area contributed by atoms with Crippen LogP contribution in [0.15, 0.2) is 24.3 Å². The van der Waals surface area contributed by atoms with E-state index in [2.05, 4.69) is 5.32 Å². The zero-order chi connectivity index (χ0) is 15.1. The molecule has 1 fully saturated rings. The fourth-order valence-electron chi connectivity index (χ4n) is 2.44. The fourth-order valence-corrected chi connectivity index (χ4v) is 2.44. The van der Waals surface area contributed by atoms with Crippen LogP contribution in [0.3, 0.4) is 0 Å². The summed E-state index contributed by atoms with van der Waals surface area (Å²) < 4.78 is 4.89. The Morgan fingerprint density at radius 1 is 1.19 bits per heavy atom. The molecular weight excluding hydrogens is 268 g/mol. The molecule has 0 saturated carbocycles. The van der Waals surface area contributed by atoms with Crippen LogP contribution in [0.2, 0.25) is 0 Å². The summed E-state index contributed by atoms with van der Waals surface area (Å²) in [6, 6.07) is 6.90. The van der Waals surface area contributed by atoms with Gasteiger partial charge < -0.3 is 15.0 Å². The van der Waals surface area contributed by atoms with E-state index < -0.39 is 0 Å². The molecule has 0 atom stereocenters. The van der Waals surface area contributed by atoms with Crippen LogP contribution >= 0.6 is 0 Å². The van der Waals surface area contributed by atoms with E-state index >= 15 is 0 Å². The van der Waals surface area contributed by atoms with Crippen molar-refractivity contribution >= 4 is 11.8 Å². The van der Waals surface area contributed by atoms with Crippen molar-refractivity contribution in [1.29, 1.82) is 0 Å². The Morgan fingerprint density at radius 2 is 1.90 bits per heavy atom. The van der Waals surface area contributed by atoms with E-state index in [1.54, 1.807) is 31.4 Å². The number of likely N-dealkylation sites (tertiary alicyclic amines) is 1. The van der Waals surface area contributed by atoms with Crippen molar-refractivity contribution in [3.8, 4) is 0 Å². The number of methoxy groups -OCH3 is 1. The van der Waals surface area contributed by atoms with Gasteiger partial charge in [0, 0.05) is 37.9 Å². The lowest BCUT2D eigenvalue weighted by Gasteiger charge is -2.26. The Morgan fingerprint density at radius 3 is 2.62 bits per heavy atom. The number of carbonyl (C=O) groups excluding carboxylic acids is 2. The minimum atomic E-state index is -0.180. The van der Waals surface area contributed by atoms with E-state index in [1.807, 2.05) is 4.90 Å². The summed E-state index contributed by atoms with van der Waals surface area (Å²) in [5.74, 6) is -0.165. The summed E-state index contributed by atoms with van der Waals surface area (Å²) in [5, 5.41) is 2.76. The average Bonchev–Trinajstić information content (AvgIpc) is 2.55. The van der Waals surface area contributed by atoms with Crippen molar-refractivity contribution in [3.05, 3.63) is 35.4 Å². The molecule has 0 radical (unpaired) electrons. The zero-order valence-corrected chi connectivity index (χ0v) is 12.4. The third-order valence-electron chi connectivity index (χ3n) is 3.61. The van der Waals surface area contributed by atoms with Crippen molar-refractivity contribution in [2.75, 3.05) is 33.4 Å². The second-order valence-electron chi connectivity index (χ2n) is 5.18. The van der Waals surface area contributed by atoms with Gasteiger partial charge in [0.15, 0.2) is 0 Å². The van der Waals surface area contributed by atoms with Crippen molar-refractivity contribution < 1.29 is 14.3 Å². The number of nitrogens with zero attached hydrogens (tertiary/aromatic N) is 1. The lowest BCUT2D eigenvalue weighted by atomic mass is 10.1. The molecule has 2 amide bonds. The number of hydrogen-bond acceptors (Lipinski definition) is 3. The van der Waals surface area contributed by atoms with Gasteiger partial charge in [-0.3, -0.25) is 9.59 Å². The normalized spacial score (nSPS) is 14.8. The number of carbonyl (C=O) groups is 2. The predicted octanol–water partition coefficient (Wildman–Crippen LogP) is 1.69. The molecule has 0 bridgehead atoms. The molecule has 0 aliphatic carbocycles. The largest absolute Gasteiger partial charge is 0.383 e. The van der Waals surface area contributed by atoms with Crippen LogP contribution in [0.4, 0.5) is 0 Å². The molecule has 0 aromatic heterocycles. The van der Waals surface area contributed by atoms with Gasteiger partial charge in [0.05, 0.1) is 6.61 Å². The maximum Gasteiger partial charge on any atom is 0.253 e. The van der Waals surface area contributed by atoms with Gasteiger partial charge in [-0.1, -0.05) is 6.07 Å². The number of rotatable bonds is 5. The summed E-state index contributed by atoms with van der Waals surface area (Å²) in [4.78, 5) is 26.3. The molecule has 2 rings (SSSR count). The Labute approximate surface area is 125 Å². The molecule has 5 heteroatoms. The molecule has 0 unspecified atom stereocenters. The molecule has 1 aliphatic rings. The Hall–Kier alpha value is -1.88. The quantitative estimate of drug-likeness (QED) is 0.840. The lowest BCUT2D eigenvalue weighted by molar-refractivity contribution is 0.0724. The summed E-state index contributed by atoms with van der Waals surface area (Å²) in [6.45, 7) is 2.55. The first-order chi connectivity index (χ1) is 10.2. The molecule has 1 aromatic carbocycles. The average molecular weight is 290 g/mol. The Kier molecular flexibility index (Phi) is 5.75. The number of nitrogens with one attached hydrogen (secondary N) is 1. The van der Waals surface area contributed by atoms with Gasteiger partial charge >= 0.3 is 0 Å². The van der Waals surface area contributed by atoms with Gasteiger partial charge in [-0.25, -0.2) is 0 Å². The summed E-state index contributed by atoms with van der Waals surface area (Å²) in [6.07, 6.45) is 3.30. The molecule has 1 N–H and O–H groups in total. The van der Waals surface area contributed by atoms with E-state index in [9.17, 15) is 9.59 Å². The first-order valence-corrected chi connectivity index (χ1v) is 7.39. The third kappa shape index (κ3) is 4.29. The number of piperidine rings is 1. The first-order valence-electron chi connectivity index (χ1n) is 7.39. The molecule has 5 nitrogen and oxygen atoms in total. The van der Waals surface area contributed by atoms with Crippen LogP contribution in [0.1, 0.15) is 40.0 Å². The highest BCUT2D eigenvalue weighted by Gasteiger charge is 2.19. The fraction of sp³-hybridized carbons (Fsp3) is 0.500. The van der Waals surface area contributed by atoms with Crippen molar-refractivity contribution in [2.45, 2.75) is 19.3 Å². The summed E-state index contributed by atoms with van der Waals surface area (Å²) in [7, 11) is 1.59. The van der Waals surface area contributed by atoms with Gasteiger partial charge in [-0.15, -0.1) is 0 Å². The molecule has 21 heavy (non-hydrogen) atoms. The topological polar surface area (TPSA) is 58.6 Å². The highest BCUT2D eigenvalue weighted by atomic mass is 16.5. The monoisotopic (exact) mass is 290 g/mol. The molecule has 1 aliphatic heterocycles. The number of amides is 2. The highest BCUT2D eigenvalue weighted by Crippen LogP contribution is 2.14. The smallest absolute Gasteiger partial charge is 0.253 e. The van der Waals surface area contributed by atoms with Gasteiger partial charge in [-0.05, 0) is 37.5 Å². The van der Waals surface area contributed by atoms with Crippen LogP contribution in [-0.4, -0.2) is 50.1 Å². The van der Waals surface area contributed by atoms with E-state index in [4.69, 9.17) is 4.74 Å². The number of benzene rings is 1. The van der Waals surface area contributed by atoms with E-state index in [0.29, 0.717) is 24.3 Å². The van der Waals surface area contributed by atoms with Crippen molar-refractivity contribution in [2.24, 2.45) is 0 Å². The van der Waals surface area contributed by atoms with Crippen molar-refractivity contribution in [3.63, 3.8) is 0 Å². The molecular formula is C16H22N2O3. The molecule has 1 aromatic rings. The number of ether oxygens (including phenoxy) is 1. The van der Waals surface area contributed by atoms with Gasteiger partial charge in [0.25, 0.3) is 11.8 Å². The lowest BCUT2D eigenvalue weighted by Crippen LogP contribution is -2.35. The molecule has 1 heterocycles. The van der Waals surface area contributed by atoms with Crippen LogP contribution in [0, 0.1) is 0 Å². The Balaban J connectivity index is 2.02. The maximum atomic E-state index is 12.4. The van der Waals surface area contributed by atoms with E-state index in [-0.39, 0.29) is 11.8 Å². The highest BCUT2D eigenvalue weighted by molar-refractivity contribution is 5.99. The van der Waals surface area contributed by atoms with Crippen LogP contribution < -0.4 is 5.32 Å². The second-order valence-corrected chi connectivity index (χ2v) is 5.18. The van der Waals surface area contributed by atoms with Gasteiger partial charge in [-0.2, -0.15) is 0 Å². The van der Waals surface area contributed by atoms with E-state index in [1.165, 1.54) is 6.42 Å². The van der Waals surface area contributed by atoms with Crippen LogP contribution in [0.25, 0.3) is 0 Å². The second kappa shape index (κ2) is 7.78. The van der Waals surface area contributed by atoms with Crippen LogP contribution in [-0.2, 0) is 4.74 Å². The predicted molar refractivity (Wildman–Crippen MR) is 80.4 cm³/mol. The standard InChI is InChI=1S/C16H22N2O3/c1-21-11-8-17-15(19)13-6-5-7-14(12-13)16(20)18-9-3-2-4-10-18/h5-7,12H,2-4,8-11H2,1H3,(H,17,19). The van der Waals surface area contributed by atoms with Gasteiger partial charge in [0.1, 0.15) is 0 Å². The number of hydrogen-bond donors (Lipinski definition) is 1. The zero-order valence-electron chi connectivity index (χ0n) is 12.4. The minimum Gasteiger partial charge on any atom is -0.383 e. The third-order valence-corrected chi connectivity index (χ3v) is 3.61. The SMILES string of the molecule is COCCNC(=O)c1cccc(C(=O)N2CCCCC2)c1. The molecule has 0 spiro atoms. The maximum absolute atomic E-state index is 12.4. The van der Waals surface area contributed by atoms with E-state index in [0.717, 1.165) is 25.9 Å². The summed E-state index contributed by atoms with van der Waals surface area (Å²) in [5.41, 5.74) is 1.09. The molecule has 114 valence electrons. The summed E-state index contributed by atoms with van der Waals surface area (Å²) >= 11 is 0. The Bertz CT molecular complexity index is 496. The molecule has 1 saturated heterocycles. The van der Waals surface area contributed by atoms with Gasteiger partial charge in [0.2, 0.25) is 0 Å². The minimum absolute atomic E-state index is 0.0150. The van der Waals surface area contributed by atoms with Crippen LogP contribution in [0.5, 0.6) is 0 Å². The van der Waals surface area contributed by atoms with Crippen molar-refractivity contribution in [1.82, 2.24) is 10.2 Å². The first kappa shape index (κ1) is 15.5.